The van der Waals surface area contributed by atoms with E-state index in [0.29, 0.717) is 6.04 Å². The van der Waals surface area contributed by atoms with Crippen LogP contribution in [0.5, 0.6) is 0 Å². The molecule has 1 aliphatic heterocycles. The highest BCUT2D eigenvalue weighted by atomic mass is 15.0. The topological polar surface area (TPSA) is 24.1 Å². The van der Waals surface area contributed by atoms with Crippen molar-refractivity contribution in [2.75, 3.05) is 6.54 Å². The molecule has 1 fully saturated rings. The van der Waals surface area contributed by atoms with Gasteiger partial charge in [0.15, 0.2) is 0 Å². The van der Waals surface area contributed by atoms with Gasteiger partial charge in [0.1, 0.15) is 0 Å². The highest BCUT2D eigenvalue weighted by molar-refractivity contribution is 5.29. The van der Waals surface area contributed by atoms with Crippen molar-refractivity contribution in [1.82, 2.24) is 10.6 Å². The molecule has 0 aromatic heterocycles. The SMILES string of the molecule is c1ccc2c(c1)CNC(CNC1CCCCCC1)C2. The third kappa shape index (κ3) is 3.58. The summed E-state index contributed by atoms with van der Waals surface area (Å²) < 4.78 is 0. The van der Waals surface area contributed by atoms with Gasteiger partial charge in [0, 0.05) is 25.2 Å². The third-order valence-corrected chi connectivity index (χ3v) is 4.67. The first kappa shape index (κ1) is 13.1. The van der Waals surface area contributed by atoms with Gasteiger partial charge in [0.05, 0.1) is 0 Å². The van der Waals surface area contributed by atoms with Crippen LogP contribution in [0.15, 0.2) is 24.3 Å². The molecule has 0 spiro atoms. The second-order valence-electron chi connectivity index (χ2n) is 6.15. The summed E-state index contributed by atoms with van der Waals surface area (Å²) in [6, 6.07) is 10.2. The number of hydrogen-bond acceptors (Lipinski definition) is 2. The lowest BCUT2D eigenvalue weighted by Crippen LogP contribution is -2.45. The first-order valence-corrected chi connectivity index (χ1v) is 7.95. The summed E-state index contributed by atoms with van der Waals surface area (Å²) in [5, 5.41) is 7.47. The standard InChI is InChI=1S/C17H26N2/c1-2-4-10-16(9-3-1)19-13-17-11-14-7-5-6-8-15(14)12-18-17/h5-8,16-19H,1-4,9-13H2. The Labute approximate surface area is 117 Å². The van der Waals surface area contributed by atoms with E-state index < -0.39 is 0 Å². The van der Waals surface area contributed by atoms with Crippen LogP contribution in [0.25, 0.3) is 0 Å². The lowest BCUT2D eigenvalue weighted by Gasteiger charge is -2.28. The average molecular weight is 258 g/mol. The zero-order valence-corrected chi connectivity index (χ0v) is 11.8. The maximum absolute atomic E-state index is 3.80. The molecule has 3 rings (SSSR count). The van der Waals surface area contributed by atoms with Gasteiger partial charge in [-0.1, -0.05) is 49.9 Å². The van der Waals surface area contributed by atoms with Crippen LogP contribution in [-0.4, -0.2) is 18.6 Å². The van der Waals surface area contributed by atoms with Crippen LogP contribution < -0.4 is 10.6 Å². The Morgan fingerprint density at radius 2 is 1.74 bits per heavy atom. The molecule has 0 saturated heterocycles. The maximum atomic E-state index is 3.80. The van der Waals surface area contributed by atoms with Crippen molar-refractivity contribution in [3.05, 3.63) is 35.4 Å². The molecule has 1 atom stereocenters. The first-order valence-electron chi connectivity index (χ1n) is 7.95. The summed E-state index contributed by atoms with van der Waals surface area (Å²) in [5.74, 6) is 0. The Hall–Kier alpha value is -0.860. The van der Waals surface area contributed by atoms with E-state index in [0.717, 1.165) is 19.1 Å². The molecule has 1 saturated carbocycles. The fraction of sp³-hybridized carbons (Fsp3) is 0.647. The average Bonchev–Trinajstić information content (AvgIpc) is 2.73. The van der Waals surface area contributed by atoms with E-state index in [2.05, 4.69) is 34.9 Å². The molecule has 2 heteroatoms. The molecule has 0 amide bonds. The van der Waals surface area contributed by atoms with Crippen LogP contribution in [0.4, 0.5) is 0 Å². The summed E-state index contributed by atoms with van der Waals surface area (Å²) in [5.41, 5.74) is 3.02. The molecule has 0 bridgehead atoms. The van der Waals surface area contributed by atoms with Crippen molar-refractivity contribution in [2.24, 2.45) is 0 Å². The molecule has 2 aliphatic rings. The van der Waals surface area contributed by atoms with Crippen molar-refractivity contribution in [1.29, 1.82) is 0 Å². The first-order chi connectivity index (χ1) is 9.42. The van der Waals surface area contributed by atoms with Crippen molar-refractivity contribution in [2.45, 2.75) is 63.6 Å². The number of benzene rings is 1. The van der Waals surface area contributed by atoms with E-state index >= 15 is 0 Å². The maximum Gasteiger partial charge on any atom is 0.0236 e. The number of nitrogens with one attached hydrogen (secondary N) is 2. The van der Waals surface area contributed by atoms with Crippen LogP contribution in [0.2, 0.25) is 0 Å². The molecule has 1 heterocycles. The highest BCUT2D eigenvalue weighted by Crippen LogP contribution is 2.18. The van der Waals surface area contributed by atoms with Gasteiger partial charge < -0.3 is 10.6 Å². The van der Waals surface area contributed by atoms with Gasteiger partial charge >= 0.3 is 0 Å². The molecule has 104 valence electrons. The second-order valence-corrected chi connectivity index (χ2v) is 6.15. The van der Waals surface area contributed by atoms with Crippen molar-refractivity contribution in [3.63, 3.8) is 0 Å². The van der Waals surface area contributed by atoms with Crippen molar-refractivity contribution in [3.8, 4) is 0 Å². The summed E-state index contributed by atoms with van der Waals surface area (Å²) >= 11 is 0. The minimum Gasteiger partial charge on any atom is -0.312 e. The van der Waals surface area contributed by atoms with Crippen LogP contribution in [0, 0.1) is 0 Å². The lowest BCUT2D eigenvalue weighted by molar-refractivity contribution is 0.391. The molecule has 1 aromatic rings. The number of hydrogen-bond donors (Lipinski definition) is 2. The zero-order chi connectivity index (χ0) is 12.9. The lowest BCUT2D eigenvalue weighted by atomic mass is 9.95. The molecular weight excluding hydrogens is 232 g/mol. The van der Waals surface area contributed by atoms with Gasteiger partial charge in [-0.25, -0.2) is 0 Å². The van der Waals surface area contributed by atoms with E-state index in [1.807, 2.05) is 0 Å². The van der Waals surface area contributed by atoms with Crippen LogP contribution >= 0.6 is 0 Å². The summed E-state index contributed by atoms with van der Waals surface area (Å²) in [7, 11) is 0. The largest absolute Gasteiger partial charge is 0.312 e. The van der Waals surface area contributed by atoms with Gasteiger partial charge in [-0.2, -0.15) is 0 Å². The van der Waals surface area contributed by atoms with Crippen LogP contribution in [-0.2, 0) is 13.0 Å². The Kier molecular flexibility index (Phi) is 4.52. The van der Waals surface area contributed by atoms with E-state index in [1.54, 1.807) is 0 Å². The monoisotopic (exact) mass is 258 g/mol. The molecule has 1 aliphatic carbocycles. The Morgan fingerprint density at radius 1 is 1.00 bits per heavy atom. The predicted octanol–water partition coefficient (Wildman–Crippen LogP) is 3.01. The van der Waals surface area contributed by atoms with Crippen LogP contribution in [0.1, 0.15) is 49.7 Å². The van der Waals surface area contributed by atoms with Gasteiger partial charge in [-0.3, -0.25) is 0 Å². The highest BCUT2D eigenvalue weighted by Gasteiger charge is 2.19. The van der Waals surface area contributed by atoms with Gasteiger partial charge in [-0.15, -0.1) is 0 Å². The molecule has 0 radical (unpaired) electrons. The van der Waals surface area contributed by atoms with Crippen molar-refractivity contribution >= 4 is 0 Å². The normalized spacial score (nSPS) is 24.7. The minimum absolute atomic E-state index is 0.609. The quantitative estimate of drug-likeness (QED) is 0.814. The van der Waals surface area contributed by atoms with E-state index in [4.69, 9.17) is 0 Å². The second kappa shape index (κ2) is 6.53. The third-order valence-electron chi connectivity index (χ3n) is 4.67. The summed E-state index contributed by atoms with van der Waals surface area (Å²) in [4.78, 5) is 0. The number of fused-ring (bicyclic) bond motifs is 1. The van der Waals surface area contributed by atoms with Crippen LogP contribution in [0.3, 0.4) is 0 Å². The molecule has 19 heavy (non-hydrogen) atoms. The zero-order valence-electron chi connectivity index (χ0n) is 11.8. The Balaban J connectivity index is 1.49. The van der Waals surface area contributed by atoms with Gasteiger partial charge in [-0.05, 0) is 30.4 Å². The fourth-order valence-corrected chi connectivity index (χ4v) is 3.46. The smallest absolute Gasteiger partial charge is 0.0236 e. The van der Waals surface area contributed by atoms with E-state index in [-0.39, 0.29) is 0 Å². The van der Waals surface area contributed by atoms with E-state index in [9.17, 15) is 0 Å². The molecule has 1 unspecified atom stereocenters. The number of rotatable bonds is 3. The Bertz CT molecular complexity index is 394. The fourth-order valence-electron chi connectivity index (χ4n) is 3.46. The predicted molar refractivity (Wildman–Crippen MR) is 80.3 cm³/mol. The summed E-state index contributed by atoms with van der Waals surface area (Å²) in [6.45, 7) is 2.16. The molecule has 1 aromatic carbocycles. The van der Waals surface area contributed by atoms with Gasteiger partial charge in [0.25, 0.3) is 0 Å². The summed E-state index contributed by atoms with van der Waals surface area (Å²) in [6.07, 6.45) is 9.64. The molecule has 2 N–H and O–H groups in total. The van der Waals surface area contributed by atoms with Crippen molar-refractivity contribution < 1.29 is 0 Å². The molecule has 2 nitrogen and oxygen atoms in total. The minimum atomic E-state index is 0.609. The van der Waals surface area contributed by atoms with E-state index in [1.165, 1.54) is 56.1 Å². The van der Waals surface area contributed by atoms with Gasteiger partial charge in [0.2, 0.25) is 0 Å². The Morgan fingerprint density at radius 3 is 2.53 bits per heavy atom. The molecular formula is C17H26N2.